The molecule has 1 aromatic heterocycles. The topological polar surface area (TPSA) is 50.2 Å². The smallest absolute Gasteiger partial charge is 0.325 e. The van der Waals surface area contributed by atoms with Crippen molar-refractivity contribution in [1.82, 2.24) is 0 Å². The molecule has 0 radical (unpaired) electrons. The van der Waals surface area contributed by atoms with Crippen LogP contribution in [0.4, 0.5) is 5.69 Å². The van der Waals surface area contributed by atoms with E-state index in [0.29, 0.717) is 17.9 Å². The standard InChI is InChI=1S/C16H15N3O.ClH/c1-12-5-7-13(8-6-12)19-11-14(17)15(16(19)20)18-9-3-2-4-10-18;/h2-10H,11H2,1H3,(H-,17,20);1H. The van der Waals surface area contributed by atoms with Crippen molar-refractivity contribution in [2.75, 3.05) is 11.4 Å². The van der Waals surface area contributed by atoms with E-state index >= 15 is 0 Å². The first kappa shape index (κ1) is 15.1. The summed E-state index contributed by atoms with van der Waals surface area (Å²) in [7, 11) is 0. The summed E-state index contributed by atoms with van der Waals surface area (Å²) in [6.45, 7) is 2.45. The van der Waals surface area contributed by atoms with Crippen molar-refractivity contribution >= 4 is 17.3 Å². The largest absolute Gasteiger partial charge is 1.00 e. The molecule has 108 valence electrons. The van der Waals surface area contributed by atoms with Gasteiger partial charge in [-0.25, -0.2) is 0 Å². The van der Waals surface area contributed by atoms with Crippen LogP contribution in [0.5, 0.6) is 0 Å². The molecule has 0 spiro atoms. The Balaban J connectivity index is 0.00000161. The Labute approximate surface area is 129 Å². The summed E-state index contributed by atoms with van der Waals surface area (Å²) in [5.74, 6) is -0.0671. The molecule has 2 aromatic rings. The van der Waals surface area contributed by atoms with Gasteiger partial charge in [-0.1, -0.05) is 23.8 Å². The Morgan fingerprint density at radius 1 is 1.10 bits per heavy atom. The molecule has 0 saturated heterocycles. The van der Waals surface area contributed by atoms with Crippen molar-refractivity contribution in [3.63, 3.8) is 0 Å². The molecule has 0 bridgehead atoms. The van der Waals surface area contributed by atoms with Crippen molar-refractivity contribution in [1.29, 1.82) is 0 Å². The zero-order valence-electron chi connectivity index (χ0n) is 11.7. The Hall–Kier alpha value is -2.33. The number of aryl methyl sites for hydroxylation is 1. The highest BCUT2D eigenvalue weighted by Gasteiger charge is 2.37. The van der Waals surface area contributed by atoms with E-state index in [-0.39, 0.29) is 18.3 Å². The first-order chi connectivity index (χ1) is 9.66. The number of halogens is 1. The predicted octanol–water partition coefficient (Wildman–Crippen LogP) is -1.54. The summed E-state index contributed by atoms with van der Waals surface area (Å²) in [4.78, 5) is 14.3. The minimum atomic E-state index is -0.0671. The van der Waals surface area contributed by atoms with E-state index in [0.717, 1.165) is 5.69 Å². The zero-order chi connectivity index (χ0) is 14.1. The van der Waals surface area contributed by atoms with Gasteiger partial charge in [0.1, 0.15) is 5.70 Å². The van der Waals surface area contributed by atoms with Crippen molar-refractivity contribution in [2.24, 2.45) is 5.73 Å². The number of hydrogen-bond acceptors (Lipinski definition) is 2. The number of benzene rings is 1. The van der Waals surface area contributed by atoms with Crippen LogP contribution in [0.1, 0.15) is 5.56 Å². The van der Waals surface area contributed by atoms with Crippen molar-refractivity contribution in [2.45, 2.75) is 6.92 Å². The maximum Gasteiger partial charge on any atom is 0.325 e. The molecule has 4 nitrogen and oxygen atoms in total. The minimum absolute atomic E-state index is 0. The normalized spacial score (nSPS) is 14.3. The summed E-state index contributed by atoms with van der Waals surface area (Å²) >= 11 is 0. The van der Waals surface area contributed by atoms with Crippen LogP contribution in [-0.2, 0) is 4.79 Å². The predicted molar refractivity (Wildman–Crippen MR) is 77.6 cm³/mol. The molecule has 2 heterocycles. The number of nitrogens with zero attached hydrogens (tertiary/aromatic N) is 2. The number of pyridine rings is 1. The Morgan fingerprint density at radius 2 is 1.71 bits per heavy atom. The molecule has 21 heavy (non-hydrogen) atoms. The molecular weight excluding hydrogens is 286 g/mol. The highest BCUT2D eigenvalue weighted by Crippen LogP contribution is 2.23. The molecule has 1 amide bonds. The number of amides is 1. The summed E-state index contributed by atoms with van der Waals surface area (Å²) < 4.78 is 1.77. The first-order valence-corrected chi connectivity index (χ1v) is 6.50. The third-order valence-corrected chi connectivity index (χ3v) is 3.40. The van der Waals surface area contributed by atoms with Crippen LogP contribution in [0.3, 0.4) is 0 Å². The number of aromatic nitrogens is 1. The SMILES string of the molecule is Cc1ccc(N2CC(N)=C([n+]3ccccc3)C2=O)cc1.[Cl-]. The Bertz CT molecular complexity index is 680. The van der Waals surface area contributed by atoms with E-state index in [1.165, 1.54) is 5.56 Å². The lowest BCUT2D eigenvalue weighted by Crippen LogP contribution is -3.00. The lowest BCUT2D eigenvalue weighted by atomic mass is 10.2. The summed E-state index contributed by atoms with van der Waals surface area (Å²) in [6.07, 6.45) is 3.66. The number of carbonyl (C=O) groups is 1. The van der Waals surface area contributed by atoms with Gasteiger partial charge in [-0.15, -0.1) is 0 Å². The van der Waals surface area contributed by atoms with Gasteiger partial charge in [-0.3, -0.25) is 9.69 Å². The monoisotopic (exact) mass is 301 g/mol. The molecule has 0 fully saturated rings. The van der Waals surface area contributed by atoms with Gasteiger partial charge >= 0.3 is 5.91 Å². The van der Waals surface area contributed by atoms with Gasteiger partial charge < -0.3 is 18.1 Å². The molecule has 5 heteroatoms. The average molecular weight is 302 g/mol. The third kappa shape index (κ3) is 2.76. The number of nitrogens with two attached hydrogens (primary N) is 1. The van der Waals surface area contributed by atoms with E-state index in [9.17, 15) is 4.79 Å². The van der Waals surface area contributed by atoms with E-state index in [1.54, 1.807) is 9.47 Å². The summed E-state index contributed by atoms with van der Waals surface area (Å²) in [5.41, 5.74) is 9.21. The van der Waals surface area contributed by atoms with E-state index < -0.39 is 0 Å². The van der Waals surface area contributed by atoms with Crippen LogP contribution < -0.4 is 27.6 Å². The maximum absolute atomic E-state index is 12.6. The molecule has 0 saturated carbocycles. The van der Waals surface area contributed by atoms with Gasteiger partial charge in [-0.2, -0.15) is 4.57 Å². The first-order valence-electron chi connectivity index (χ1n) is 6.50. The second-order valence-corrected chi connectivity index (χ2v) is 4.88. The fraction of sp³-hybridized carbons (Fsp3) is 0.125. The third-order valence-electron chi connectivity index (χ3n) is 3.40. The molecule has 0 atom stereocenters. The number of anilines is 1. The fourth-order valence-corrected chi connectivity index (χ4v) is 2.34. The molecule has 1 aliphatic rings. The second kappa shape index (κ2) is 5.97. The van der Waals surface area contributed by atoms with Gasteiger partial charge in [0.2, 0.25) is 0 Å². The molecule has 1 aromatic carbocycles. The van der Waals surface area contributed by atoms with Gasteiger partial charge in [0, 0.05) is 17.8 Å². The number of rotatable bonds is 2. The lowest BCUT2D eigenvalue weighted by Gasteiger charge is -2.15. The van der Waals surface area contributed by atoms with Crippen LogP contribution in [0.15, 0.2) is 60.6 Å². The van der Waals surface area contributed by atoms with Gasteiger partial charge in [-0.05, 0) is 19.1 Å². The zero-order valence-corrected chi connectivity index (χ0v) is 12.4. The number of hydrogen-bond donors (Lipinski definition) is 1. The van der Waals surface area contributed by atoms with E-state index in [2.05, 4.69) is 0 Å². The van der Waals surface area contributed by atoms with Gasteiger partial charge in [0.15, 0.2) is 12.4 Å². The summed E-state index contributed by atoms with van der Waals surface area (Å²) in [6, 6.07) is 13.5. The Kier molecular flexibility index (Phi) is 4.29. The van der Waals surface area contributed by atoms with Gasteiger partial charge in [0.05, 0.1) is 6.54 Å². The van der Waals surface area contributed by atoms with Crippen molar-refractivity contribution < 1.29 is 21.8 Å². The highest BCUT2D eigenvalue weighted by atomic mass is 35.5. The van der Waals surface area contributed by atoms with Crippen LogP contribution in [0, 0.1) is 6.92 Å². The van der Waals surface area contributed by atoms with Crippen LogP contribution in [-0.4, -0.2) is 12.5 Å². The molecule has 0 unspecified atom stereocenters. The Morgan fingerprint density at radius 3 is 2.33 bits per heavy atom. The van der Waals surface area contributed by atoms with Crippen LogP contribution in [0.2, 0.25) is 0 Å². The highest BCUT2D eigenvalue weighted by molar-refractivity contribution is 6.22. The van der Waals surface area contributed by atoms with E-state index in [1.807, 2.05) is 61.8 Å². The minimum Gasteiger partial charge on any atom is -1.00 e. The quantitative estimate of drug-likeness (QED) is 0.684. The van der Waals surface area contributed by atoms with Crippen molar-refractivity contribution in [3.8, 4) is 0 Å². The molecule has 2 N–H and O–H groups in total. The molecule has 0 aliphatic carbocycles. The second-order valence-electron chi connectivity index (χ2n) is 4.88. The van der Waals surface area contributed by atoms with E-state index in [4.69, 9.17) is 5.73 Å². The average Bonchev–Trinajstić information content (AvgIpc) is 2.76. The molecule has 1 aliphatic heterocycles. The van der Waals surface area contributed by atoms with Crippen molar-refractivity contribution in [3.05, 3.63) is 66.1 Å². The van der Waals surface area contributed by atoms with Gasteiger partial charge in [0.25, 0.3) is 5.70 Å². The van der Waals surface area contributed by atoms with Crippen LogP contribution >= 0.6 is 0 Å². The summed E-state index contributed by atoms with van der Waals surface area (Å²) in [5, 5.41) is 0. The lowest BCUT2D eigenvalue weighted by molar-refractivity contribution is -0.577. The fourth-order valence-electron chi connectivity index (χ4n) is 2.34. The molecule has 3 rings (SSSR count). The van der Waals surface area contributed by atoms with Crippen LogP contribution in [0.25, 0.3) is 5.70 Å². The number of carbonyl (C=O) groups excluding carboxylic acids is 1. The maximum atomic E-state index is 12.6. The molecular formula is C16H16ClN3O.